The number of rotatable bonds is 7. The molecule has 0 saturated carbocycles. The Bertz CT molecular complexity index is 3360. The maximum Gasteiger partial charge on any atom is 0.135 e. The third-order valence-corrected chi connectivity index (χ3v) is 14.7. The molecule has 2 heterocycles. The fraction of sp³-hybridized carbons (Fsp3) is 0.103. The van der Waals surface area contributed by atoms with Crippen LogP contribution in [-0.4, -0.2) is 0 Å². The number of hydrogen-bond donors (Lipinski definition) is 0. The molecule has 2 aliphatic carbocycles. The van der Waals surface area contributed by atoms with Gasteiger partial charge in [0.05, 0.1) is 5.69 Å². The molecule has 0 spiro atoms. The van der Waals surface area contributed by atoms with E-state index < -0.39 is 0 Å². The van der Waals surface area contributed by atoms with E-state index in [1.54, 1.807) is 0 Å². The summed E-state index contributed by atoms with van der Waals surface area (Å²) < 4.78 is 6.25. The van der Waals surface area contributed by atoms with Crippen molar-refractivity contribution in [2.45, 2.75) is 38.5 Å². The standard InChI is InChI=1S/C58H44N2OS/c1-57(2)48-35-41(59(38-20-10-6-11-21-38)40-30-33-52-47(34-40)44-25-15-17-27-51(44)61-52)28-31-45(48)55-53(57)54-56(62-55)46-32-29-42(36-49(46)58(54,3)4)60(39-22-12-7-13-23-39)50-26-16-14-24-43(50)37-18-8-5-9-19-37/h5-36H,1-4H3. The lowest BCUT2D eigenvalue weighted by Crippen LogP contribution is -2.23. The van der Waals surface area contributed by atoms with Gasteiger partial charge in [0.2, 0.25) is 0 Å². The summed E-state index contributed by atoms with van der Waals surface area (Å²) in [5.41, 5.74) is 19.0. The van der Waals surface area contributed by atoms with Crippen molar-refractivity contribution in [3.63, 3.8) is 0 Å². The smallest absolute Gasteiger partial charge is 0.135 e. The van der Waals surface area contributed by atoms with Crippen LogP contribution < -0.4 is 9.80 Å². The van der Waals surface area contributed by atoms with Gasteiger partial charge in [0.25, 0.3) is 0 Å². The minimum Gasteiger partial charge on any atom is -0.456 e. The summed E-state index contributed by atoms with van der Waals surface area (Å²) in [5, 5.41) is 2.25. The highest BCUT2D eigenvalue weighted by molar-refractivity contribution is 7.19. The van der Waals surface area contributed by atoms with Gasteiger partial charge in [-0.2, -0.15) is 0 Å². The monoisotopic (exact) mass is 816 g/mol. The summed E-state index contributed by atoms with van der Waals surface area (Å²) in [4.78, 5) is 7.64. The Kier molecular flexibility index (Phi) is 8.10. The highest BCUT2D eigenvalue weighted by atomic mass is 32.1. The van der Waals surface area contributed by atoms with Gasteiger partial charge >= 0.3 is 0 Å². The predicted octanol–water partition coefficient (Wildman–Crippen LogP) is 16.9. The first-order valence-corrected chi connectivity index (χ1v) is 22.3. The molecule has 62 heavy (non-hydrogen) atoms. The molecule has 0 radical (unpaired) electrons. The molecule has 0 amide bonds. The largest absolute Gasteiger partial charge is 0.456 e. The van der Waals surface area contributed by atoms with Crippen LogP contribution in [0.4, 0.5) is 34.1 Å². The van der Waals surface area contributed by atoms with Gasteiger partial charge in [-0.3, -0.25) is 0 Å². The number of fused-ring (bicyclic) bond motifs is 10. The van der Waals surface area contributed by atoms with Crippen LogP contribution in [0, 0.1) is 0 Å². The lowest BCUT2D eigenvalue weighted by molar-refractivity contribution is 0.603. The molecule has 0 saturated heterocycles. The first kappa shape index (κ1) is 36.7. The van der Waals surface area contributed by atoms with E-state index in [2.05, 4.69) is 219 Å². The van der Waals surface area contributed by atoms with Gasteiger partial charge in [-0.15, -0.1) is 11.3 Å². The molecule has 0 bridgehead atoms. The molecule has 0 unspecified atom stereocenters. The van der Waals surface area contributed by atoms with E-state index in [1.807, 2.05) is 23.5 Å². The van der Waals surface area contributed by atoms with Gasteiger partial charge < -0.3 is 14.2 Å². The average molecular weight is 817 g/mol. The average Bonchev–Trinajstić information content (AvgIpc) is 4.01. The van der Waals surface area contributed by atoms with E-state index in [1.165, 1.54) is 54.3 Å². The molecule has 8 aromatic carbocycles. The van der Waals surface area contributed by atoms with Gasteiger partial charge in [0.15, 0.2) is 0 Å². The van der Waals surface area contributed by atoms with Crippen molar-refractivity contribution in [3.8, 4) is 32.0 Å². The van der Waals surface area contributed by atoms with E-state index >= 15 is 0 Å². The van der Waals surface area contributed by atoms with Gasteiger partial charge in [0, 0.05) is 65.4 Å². The first-order valence-electron chi connectivity index (χ1n) is 21.5. The molecule has 0 aliphatic heterocycles. The Morgan fingerprint density at radius 2 is 0.871 bits per heavy atom. The minimum atomic E-state index is -0.218. The molecule has 3 nitrogen and oxygen atoms in total. The van der Waals surface area contributed by atoms with Crippen LogP contribution in [0.15, 0.2) is 199 Å². The number of benzene rings is 8. The van der Waals surface area contributed by atoms with Crippen LogP contribution >= 0.6 is 11.3 Å². The van der Waals surface area contributed by atoms with Crippen LogP contribution in [0.1, 0.15) is 49.9 Å². The third-order valence-electron chi connectivity index (χ3n) is 13.4. The summed E-state index contributed by atoms with van der Waals surface area (Å²) in [6, 6.07) is 70.3. The second-order valence-electron chi connectivity index (χ2n) is 17.7. The zero-order valence-electron chi connectivity index (χ0n) is 35.2. The second kappa shape index (κ2) is 13.7. The number of thiophene rings is 1. The molecule has 4 heteroatoms. The van der Waals surface area contributed by atoms with Crippen LogP contribution in [0.2, 0.25) is 0 Å². The zero-order chi connectivity index (χ0) is 41.7. The Labute approximate surface area is 366 Å². The third kappa shape index (κ3) is 5.43. The number of para-hydroxylation sites is 4. The number of furan rings is 1. The van der Waals surface area contributed by atoms with Crippen LogP contribution in [0.3, 0.4) is 0 Å². The summed E-state index contributed by atoms with van der Waals surface area (Å²) in [7, 11) is 0. The van der Waals surface area contributed by atoms with Crippen molar-refractivity contribution in [3.05, 3.63) is 216 Å². The summed E-state index contributed by atoms with van der Waals surface area (Å²) in [6.07, 6.45) is 0. The maximum atomic E-state index is 6.25. The van der Waals surface area contributed by atoms with Gasteiger partial charge in [0.1, 0.15) is 11.2 Å². The van der Waals surface area contributed by atoms with Crippen molar-refractivity contribution >= 4 is 67.4 Å². The zero-order valence-corrected chi connectivity index (χ0v) is 36.0. The molecule has 10 aromatic rings. The molecule has 0 fully saturated rings. The Hall–Kier alpha value is -7.14. The fourth-order valence-corrected chi connectivity index (χ4v) is 12.2. The van der Waals surface area contributed by atoms with E-state index in [4.69, 9.17) is 4.42 Å². The highest BCUT2D eigenvalue weighted by Gasteiger charge is 2.48. The normalized spacial score (nSPS) is 14.1. The second-order valence-corrected chi connectivity index (χ2v) is 18.7. The summed E-state index contributed by atoms with van der Waals surface area (Å²) >= 11 is 1.98. The van der Waals surface area contributed by atoms with E-state index in [9.17, 15) is 0 Å². The molecule has 0 atom stereocenters. The molecular formula is C58H44N2OS. The molecular weight excluding hydrogens is 773 g/mol. The van der Waals surface area contributed by atoms with Gasteiger partial charge in [-0.25, -0.2) is 0 Å². The quantitative estimate of drug-likeness (QED) is 0.160. The van der Waals surface area contributed by atoms with Crippen molar-refractivity contribution in [2.75, 3.05) is 9.80 Å². The van der Waals surface area contributed by atoms with Crippen molar-refractivity contribution in [1.29, 1.82) is 0 Å². The van der Waals surface area contributed by atoms with Crippen molar-refractivity contribution in [1.82, 2.24) is 0 Å². The van der Waals surface area contributed by atoms with E-state index in [-0.39, 0.29) is 10.8 Å². The molecule has 2 aromatic heterocycles. The lowest BCUT2D eigenvalue weighted by Gasteiger charge is -2.31. The van der Waals surface area contributed by atoms with E-state index in [0.717, 1.165) is 56.1 Å². The Balaban J connectivity index is 0.962. The fourth-order valence-electron chi connectivity index (χ4n) is 10.5. The topological polar surface area (TPSA) is 19.6 Å². The van der Waals surface area contributed by atoms with Crippen molar-refractivity contribution < 1.29 is 4.42 Å². The Morgan fingerprint density at radius 3 is 1.52 bits per heavy atom. The summed E-state index contributed by atoms with van der Waals surface area (Å²) in [6.45, 7) is 9.76. The first-order chi connectivity index (χ1) is 30.3. The number of anilines is 6. The van der Waals surface area contributed by atoms with Crippen LogP contribution in [0.25, 0.3) is 53.9 Å². The Morgan fingerprint density at radius 1 is 0.387 bits per heavy atom. The highest BCUT2D eigenvalue weighted by Crippen LogP contribution is 2.64. The maximum absolute atomic E-state index is 6.25. The van der Waals surface area contributed by atoms with Crippen LogP contribution in [0.5, 0.6) is 0 Å². The molecule has 298 valence electrons. The molecule has 2 aliphatic rings. The van der Waals surface area contributed by atoms with Gasteiger partial charge in [-0.05, 0) is 118 Å². The summed E-state index contributed by atoms with van der Waals surface area (Å²) in [5.74, 6) is 0. The lowest BCUT2D eigenvalue weighted by atomic mass is 9.74. The minimum absolute atomic E-state index is 0.215. The molecule has 12 rings (SSSR count). The number of nitrogens with zero attached hydrogens (tertiary/aromatic N) is 2. The SMILES string of the molecule is CC1(C)c2cc(N(c3ccccc3)c3ccc4oc5ccccc5c4c3)ccc2-c2sc3c(c21)C(C)(C)c1cc(N(c2ccccc2)c2ccccc2-c2ccccc2)ccc1-3. The predicted molar refractivity (Wildman–Crippen MR) is 262 cm³/mol. The van der Waals surface area contributed by atoms with E-state index in [0.29, 0.717) is 0 Å². The van der Waals surface area contributed by atoms with Gasteiger partial charge in [-0.1, -0.05) is 143 Å². The van der Waals surface area contributed by atoms with Crippen LogP contribution in [-0.2, 0) is 10.8 Å². The van der Waals surface area contributed by atoms with Crippen molar-refractivity contribution in [2.24, 2.45) is 0 Å². The molecule has 0 N–H and O–H groups in total. The number of hydrogen-bond acceptors (Lipinski definition) is 4.